The monoisotopic (exact) mass is 190 g/mol. The number of carbonyl (C=O) groups excluding carboxylic acids is 1. The predicted octanol–water partition coefficient (Wildman–Crippen LogP) is 0.899. The van der Waals surface area contributed by atoms with Gasteiger partial charge in [0.1, 0.15) is 0 Å². The van der Waals surface area contributed by atoms with Crippen LogP contribution in [-0.2, 0) is 11.3 Å². The molecule has 0 bridgehead atoms. The van der Waals surface area contributed by atoms with Crippen molar-refractivity contribution in [3.63, 3.8) is 0 Å². The third-order valence-electron chi connectivity index (χ3n) is 1.99. The van der Waals surface area contributed by atoms with Crippen molar-refractivity contribution in [3.05, 3.63) is 35.9 Å². The molecule has 72 valence electrons. The summed E-state index contributed by atoms with van der Waals surface area (Å²) in [5.74, 6) is 0. The first-order chi connectivity index (χ1) is 6.90. The fourth-order valence-electron chi connectivity index (χ4n) is 1.27. The van der Waals surface area contributed by atoms with Gasteiger partial charge in [0.15, 0.2) is 12.5 Å². The molecule has 0 saturated heterocycles. The highest BCUT2D eigenvalue weighted by Crippen LogP contribution is 2.10. The molecular formula is C9H10N4O. The molecule has 1 aliphatic rings. The molecule has 1 aromatic carbocycles. The number of hydrogen-bond acceptors (Lipinski definition) is 5. The van der Waals surface area contributed by atoms with E-state index < -0.39 is 6.17 Å². The van der Waals surface area contributed by atoms with Crippen LogP contribution in [0.15, 0.2) is 40.8 Å². The lowest BCUT2D eigenvalue weighted by molar-refractivity contribution is -0.112. The Morgan fingerprint density at radius 3 is 2.93 bits per heavy atom. The lowest BCUT2D eigenvalue weighted by Gasteiger charge is -2.15. The minimum absolute atomic E-state index is 0.435. The van der Waals surface area contributed by atoms with Gasteiger partial charge in [0.2, 0.25) is 0 Å². The average Bonchev–Trinajstić information content (AvgIpc) is 2.67. The molecule has 0 aliphatic carbocycles. The molecule has 1 N–H and O–H groups in total. The number of nitrogens with one attached hydrogen (secondary N) is 1. The molecule has 1 unspecified atom stereocenters. The largest absolute Gasteiger partial charge is 0.299 e. The third-order valence-corrected chi connectivity index (χ3v) is 1.99. The summed E-state index contributed by atoms with van der Waals surface area (Å²) in [5.41, 5.74) is 3.69. The molecule has 0 aromatic heterocycles. The second-order valence-corrected chi connectivity index (χ2v) is 2.98. The van der Waals surface area contributed by atoms with E-state index in [-0.39, 0.29) is 0 Å². The summed E-state index contributed by atoms with van der Waals surface area (Å²) in [7, 11) is 0. The van der Waals surface area contributed by atoms with Crippen molar-refractivity contribution in [2.45, 2.75) is 12.7 Å². The Balaban J connectivity index is 2.04. The van der Waals surface area contributed by atoms with Gasteiger partial charge in [0.05, 0.1) is 6.54 Å². The van der Waals surface area contributed by atoms with Crippen molar-refractivity contribution >= 4 is 6.29 Å². The minimum atomic E-state index is -0.435. The highest BCUT2D eigenvalue weighted by atomic mass is 16.1. The van der Waals surface area contributed by atoms with Gasteiger partial charge in [0.25, 0.3) is 0 Å². The molecule has 1 aromatic rings. The lowest BCUT2D eigenvalue weighted by atomic mass is 10.2. The number of benzene rings is 1. The highest BCUT2D eigenvalue weighted by Gasteiger charge is 2.20. The molecule has 0 radical (unpaired) electrons. The smallest absolute Gasteiger partial charge is 0.190 e. The van der Waals surface area contributed by atoms with Gasteiger partial charge in [-0.05, 0) is 5.56 Å². The van der Waals surface area contributed by atoms with Crippen molar-refractivity contribution in [3.8, 4) is 0 Å². The topological polar surface area (TPSA) is 57.1 Å². The van der Waals surface area contributed by atoms with E-state index in [0.717, 1.165) is 11.8 Å². The van der Waals surface area contributed by atoms with Crippen molar-refractivity contribution in [1.29, 1.82) is 0 Å². The molecule has 5 nitrogen and oxygen atoms in total. The Labute approximate surface area is 81.4 Å². The van der Waals surface area contributed by atoms with Gasteiger partial charge >= 0.3 is 0 Å². The van der Waals surface area contributed by atoms with E-state index >= 15 is 0 Å². The molecule has 5 heteroatoms. The second-order valence-electron chi connectivity index (χ2n) is 2.98. The number of aldehydes is 1. The summed E-state index contributed by atoms with van der Waals surface area (Å²) >= 11 is 0. The standard InChI is InChI=1S/C9H10N4O/c14-7-9-10-11-12-13(9)6-8-4-2-1-3-5-8/h1-5,7,9H,6H2,(H,10,12). The highest BCUT2D eigenvalue weighted by molar-refractivity contribution is 5.56. The summed E-state index contributed by atoms with van der Waals surface area (Å²) < 4.78 is 0. The zero-order valence-electron chi connectivity index (χ0n) is 7.50. The van der Waals surface area contributed by atoms with Gasteiger partial charge in [-0.15, -0.1) is 0 Å². The van der Waals surface area contributed by atoms with Gasteiger partial charge in [-0.3, -0.25) is 10.2 Å². The summed E-state index contributed by atoms with van der Waals surface area (Å²) in [6, 6.07) is 9.81. The third kappa shape index (κ3) is 1.71. The van der Waals surface area contributed by atoms with Crippen LogP contribution < -0.4 is 5.43 Å². The maximum Gasteiger partial charge on any atom is 0.190 e. The molecule has 1 atom stereocenters. The van der Waals surface area contributed by atoms with Crippen molar-refractivity contribution < 1.29 is 4.79 Å². The first-order valence-corrected chi connectivity index (χ1v) is 4.32. The van der Waals surface area contributed by atoms with Gasteiger partial charge in [-0.1, -0.05) is 40.8 Å². The van der Waals surface area contributed by atoms with Crippen LogP contribution in [0, 0.1) is 0 Å². The van der Waals surface area contributed by atoms with Crippen molar-refractivity contribution in [2.75, 3.05) is 0 Å². The second kappa shape index (κ2) is 3.87. The van der Waals surface area contributed by atoms with Crippen LogP contribution in [0.3, 0.4) is 0 Å². The average molecular weight is 190 g/mol. The van der Waals surface area contributed by atoms with E-state index in [0.29, 0.717) is 6.54 Å². The Morgan fingerprint density at radius 2 is 2.21 bits per heavy atom. The van der Waals surface area contributed by atoms with Crippen molar-refractivity contribution in [1.82, 2.24) is 10.4 Å². The number of hydrogen-bond donors (Lipinski definition) is 1. The Bertz CT molecular complexity index is 338. The van der Waals surface area contributed by atoms with Crippen LogP contribution >= 0.6 is 0 Å². The molecule has 0 spiro atoms. The van der Waals surface area contributed by atoms with Crippen LogP contribution in [-0.4, -0.2) is 17.5 Å². The molecule has 2 rings (SSSR count). The van der Waals surface area contributed by atoms with E-state index in [2.05, 4.69) is 15.9 Å². The zero-order chi connectivity index (χ0) is 9.80. The van der Waals surface area contributed by atoms with Crippen LogP contribution in [0.25, 0.3) is 0 Å². The van der Waals surface area contributed by atoms with E-state index in [1.54, 1.807) is 5.01 Å². The lowest BCUT2D eigenvalue weighted by Crippen LogP contribution is -2.35. The van der Waals surface area contributed by atoms with E-state index in [1.807, 2.05) is 30.3 Å². The summed E-state index contributed by atoms with van der Waals surface area (Å²) in [4.78, 5) is 10.6. The van der Waals surface area contributed by atoms with Gasteiger partial charge in [-0.2, -0.15) is 0 Å². The molecule has 14 heavy (non-hydrogen) atoms. The molecule has 1 heterocycles. The van der Waals surface area contributed by atoms with E-state index in [4.69, 9.17) is 0 Å². The maximum atomic E-state index is 10.6. The van der Waals surface area contributed by atoms with Crippen molar-refractivity contribution in [2.24, 2.45) is 10.4 Å². The summed E-state index contributed by atoms with van der Waals surface area (Å²) in [5, 5.41) is 8.98. The van der Waals surface area contributed by atoms with E-state index in [1.165, 1.54) is 0 Å². The number of nitrogens with zero attached hydrogens (tertiary/aromatic N) is 3. The first kappa shape index (κ1) is 8.68. The van der Waals surface area contributed by atoms with Gasteiger partial charge in [0, 0.05) is 0 Å². The summed E-state index contributed by atoms with van der Waals surface area (Å²) in [6.45, 7) is 0.584. The Morgan fingerprint density at radius 1 is 1.43 bits per heavy atom. The maximum absolute atomic E-state index is 10.6. The van der Waals surface area contributed by atoms with Crippen LogP contribution in [0.2, 0.25) is 0 Å². The normalized spacial score (nSPS) is 19.4. The van der Waals surface area contributed by atoms with Gasteiger partial charge < -0.3 is 0 Å². The SMILES string of the molecule is O=CC1NN=NN1Cc1ccccc1. The predicted molar refractivity (Wildman–Crippen MR) is 49.8 cm³/mol. The first-order valence-electron chi connectivity index (χ1n) is 4.32. The van der Waals surface area contributed by atoms with Crippen LogP contribution in [0.5, 0.6) is 0 Å². The van der Waals surface area contributed by atoms with Crippen LogP contribution in [0.4, 0.5) is 0 Å². The Kier molecular flexibility index (Phi) is 2.40. The molecule has 0 saturated carbocycles. The van der Waals surface area contributed by atoms with Crippen LogP contribution in [0.1, 0.15) is 5.56 Å². The van der Waals surface area contributed by atoms with Gasteiger partial charge in [-0.25, -0.2) is 5.01 Å². The number of rotatable bonds is 3. The Hall–Kier alpha value is -1.91. The quantitative estimate of drug-likeness (QED) is 0.720. The number of carbonyl (C=O) groups is 1. The molecule has 0 amide bonds. The zero-order valence-corrected chi connectivity index (χ0v) is 7.50. The minimum Gasteiger partial charge on any atom is -0.299 e. The molecule has 1 aliphatic heterocycles. The summed E-state index contributed by atoms with van der Waals surface area (Å²) in [6.07, 6.45) is 0.346. The van der Waals surface area contributed by atoms with E-state index in [9.17, 15) is 4.79 Å². The molecular weight excluding hydrogens is 180 g/mol. The molecule has 0 fully saturated rings. The fraction of sp³-hybridized carbons (Fsp3) is 0.222. The fourth-order valence-corrected chi connectivity index (χ4v) is 1.27.